The molecule has 7 aromatic rings. The molecule has 368 valence electrons. The number of benzene rings is 7. The summed E-state index contributed by atoms with van der Waals surface area (Å²) in [6.45, 7) is 38.0. The Morgan fingerprint density at radius 2 is 1.01 bits per heavy atom. The van der Waals surface area contributed by atoms with E-state index in [0.29, 0.717) is 0 Å². The first-order valence-corrected chi connectivity index (χ1v) is 27.1. The van der Waals surface area contributed by atoms with Gasteiger partial charge in [0.05, 0.1) is 11.2 Å². The summed E-state index contributed by atoms with van der Waals surface area (Å²) in [5.41, 5.74) is 26.0. The normalized spacial score (nSPS) is 19.4. The smallest absolute Gasteiger partial charge is 0.252 e. The maximum Gasteiger partial charge on any atom is 0.252 e. The fourth-order valence-electron chi connectivity index (χ4n) is 13.4. The molecule has 0 aromatic heterocycles. The number of aryl methyl sites for hydroxylation is 2. The highest BCUT2D eigenvalue weighted by Crippen LogP contribution is 2.63. The predicted molar refractivity (Wildman–Crippen MR) is 313 cm³/mol. The molecule has 1 saturated carbocycles. The van der Waals surface area contributed by atoms with Gasteiger partial charge >= 0.3 is 0 Å². The van der Waals surface area contributed by atoms with Crippen molar-refractivity contribution in [2.75, 3.05) is 14.7 Å². The van der Waals surface area contributed by atoms with Gasteiger partial charge in [-0.1, -0.05) is 193 Å². The van der Waals surface area contributed by atoms with E-state index in [0.717, 1.165) is 6.42 Å². The summed E-state index contributed by atoms with van der Waals surface area (Å²) in [6.07, 6.45) is 4.79. The predicted octanol–water partition coefficient (Wildman–Crippen LogP) is 17.0. The number of anilines is 8. The Kier molecular flexibility index (Phi) is 10.9. The molecule has 1 aliphatic carbocycles. The molecule has 3 nitrogen and oxygen atoms in total. The number of rotatable bonds is 4. The van der Waals surface area contributed by atoms with Crippen LogP contribution in [0.3, 0.4) is 0 Å². The first-order valence-electron chi connectivity index (χ1n) is 27.1. The minimum Gasteiger partial charge on any atom is -0.334 e. The van der Waals surface area contributed by atoms with Gasteiger partial charge in [-0.2, -0.15) is 0 Å². The Labute approximate surface area is 433 Å². The molecular weight excluding hydrogens is 870 g/mol. The molecule has 0 amide bonds. The van der Waals surface area contributed by atoms with Crippen molar-refractivity contribution in [3.63, 3.8) is 0 Å². The summed E-state index contributed by atoms with van der Waals surface area (Å²) >= 11 is 0. The van der Waals surface area contributed by atoms with Crippen LogP contribution in [0.2, 0.25) is 0 Å². The minimum absolute atomic E-state index is 0.00785. The Morgan fingerprint density at radius 1 is 0.458 bits per heavy atom. The molecule has 2 atom stereocenters. The van der Waals surface area contributed by atoms with Crippen molar-refractivity contribution in [1.82, 2.24) is 0 Å². The SMILES string of the molecule is Cc1cc(C)c2c(c1)C1(C)CCCCC1(C)N2c1cc2c3c(c1)N(c1ccc(C(C)(C)C)cc1-c1ccccc1)c1cc(C(C)(C)C)ccc1B3c1cc(C(C)(C)C)ccc1N2c1ccc(C(C)(C)C)cc1. The van der Waals surface area contributed by atoms with Crippen molar-refractivity contribution in [2.24, 2.45) is 0 Å². The average molecular weight is 948 g/mol. The van der Waals surface area contributed by atoms with E-state index in [2.05, 4.69) is 259 Å². The summed E-state index contributed by atoms with van der Waals surface area (Å²) < 4.78 is 0. The topological polar surface area (TPSA) is 9.72 Å². The number of fused-ring (bicyclic) bond motifs is 7. The maximum atomic E-state index is 2.85. The summed E-state index contributed by atoms with van der Waals surface area (Å²) in [6, 6.07) is 53.2. The van der Waals surface area contributed by atoms with Gasteiger partial charge in [0, 0.05) is 50.8 Å². The first-order chi connectivity index (χ1) is 33.8. The third-order valence-electron chi connectivity index (χ3n) is 17.8. The van der Waals surface area contributed by atoms with Gasteiger partial charge in [-0.3, -0.25) is 0 Å². The van der Waals surface area contributed by atoms with Crippen molar-refractivity contribution in [3.05, 3.63) is 172 Å². The summed E-state index contributed by atoms with van der Waals surface area (Å²) in [4.78, 5) is 8.20. The van der Waals surface area contributed by atoms with Crippen LogP contribution in [0.25, 0.3) is 11.1 Å². The minimum atomic E-state index is -0.139. The van der Waals surface area contributed by atoms with Crippen LogP contribution in [-0.4, -0.2) is 12.3 Å². The van der Waals surface area contributed by atoms with Crippen LogP contribution >= 0.6 is 0 Å². The Hall–Kier alpha value is -6.00. The molecule has 3 aliphatic heterocycles. The molecule has 4 heteroatoms. The van der Waals surface area contributed by atoms with E-state index in [1.807, 2.05) is 0 Å². The van der Waals surface area contributed by atoms with Gasteiger partial charge in [0.25, 0.3) is 6.71 Å². The van der Waals surface area contributed by atoms with Gasteiger partial charge in [-0.15, -0.1) is 0 Å². The summed E-state index contributed by atoms with van der Waals surface area (Å²) in [5.74, 6) is 0. The highest BCUT2D eigenvalue weighted by atomic mass is 15.3. The van der Waals surface area contributed by atoms with E-state index >= 15 is 0 Å². The van der Waals surface area contributed by atoms with Gasteiger partial charge in [0.1, 0.15) is 0 Å². The molecule has 7 aromatic carbocycles. The highest BCUT2D eigenvalue weighted by molar-refractivity contribution is 7.00. The monoisotopic (exact) mass is 948 g/mol. The largest absolute Gasteiger partial charge is 0.334 e. The third-order valence-corrected chi connectivity index (χ3v) is 17.8. The Morgan fingerprint density at radius 3 is 1.65 bits per heavy atom. The molecule has 4 aliphatic rings. The summed E-state index contributed by atoms with van der Waals surface area (Å²) in [7, 11) is 0. The van der Waals surface area contributed by atoms with E-state index in [4.69, 9.17) is 0 Å². The zero-order chi connectivity index (χ0) is 51.2. The molecule has 0 saturated heterocycles. The van der Waals surface area contributed by atoms with Gasteiger partial charge in [-0.25, -0.2) is 0 Å². The lowest BCUT2D eigenvalue weighted by Gasteiger charge is -2.51. The van der Waals surface area contributed by atoms with E-state index < -0.39 is 0 Å². The Bertz CT molecular complexity index is 3300. The van der Waals surface area contributed by atoms with Crippen LogP contribution < -0.4 is 31.1 Å². The van der Waals surface area contributed by atoms with Crippen LogP contribution in [0.15, 0.2) is 133 Å². The number of nitrogens with zero attached hydrogens (tertiary/aromatic N) is 3. The van der Waals surface area contributed by atoms with E-state index in [1.54, 1.807) is 0 Å². The molecule has 2 unspecified atom stereocenters. The zero-order valence-electron chi connectivity index (χ0n) is 46.4. The standard InChI is InChI=1S/C68H78BN3/c1-43-36-44(2)62-53(37-43)67(15)34-20-21-35-68(67,16)72(62)51-41-59-61-60(42-51)71(56-32-27-47(64(6,7)8)38-52(56)45-22-18-17-19-23-45)58-40-49(66(12,13)14)26-31-54(58)69(61)55-39-48(65(9,10)11)28-33-57(55)70(59)50-29-24-46(25-30-50)63(3,4)5/h17-19,22-33,36-42H,20-21,34-35H2,1-16H3. The molecule has 0 N–H and O–H groups in total. The van der Waals surface area contributed by atoms with Crippen LogP contribution in [0, 0.1) is 13.8 Å². The van der Waals surface area contributed by atoms with Crippen LogP contribution in [0.5, 0.6) is 0 Å². The molecule has 1 fully saturated rings. The van der Waals surface area contributed by atoms with Crippen molar-refractivity contribution < 1.29 is 0 Å². The van der Waals surface area contributed by atoms with E-state index in [9.17, 15) is 0 Å². The lowest BCUT2D eigenvalue weighted by atomic mass is 9.33. The number of hydrogen-bond donors (Lipinski definition) is 0. The molecule has 72 heavy (non-hydrogen) atoms. The van der Waals surface area contributed by atoms with Crippen molar-refractivity contribution in [2.45, 2.75) is 169 Å². The second kappa shape index (κ2) is 16.3. The molecular formula is C68H78BN3. The van der Waals surface area contributed by atoms with Gasteiger partial charge in [0.15, 0.2) is 0 Å². The first kappa shape index (κ1) is 48.3. The summed E-state index contributed by atoms with van der Waals surface area (Å²) in [5, 5.41) is 0. The van der Waals surface area contributed by atoms with Crippen LogP contribution in [0.4, 0.5) is 45.5 Å². The van der Waals surface area contributed by atoms with E-state index in [-0.39, 0.29) is 39.3 Å². The van der Waals surface area contributed by atoms with Crippen molar-refractivity contribution in [3.8, 4) is 11.1 Å². The second-order valence-corrected chi connectivity index (χ2v) is 26.8. The van der Waals surface area contributed by atoms with Crippen LogP contribution in [-0.2, 0) is 27.1 Å². The highest BCUT2D eigenvalue weighted by Gasteiger charge is 2.58. The molecule has 0 bridgehead atoms. The van der Waals surface area contributed by atoms with Gasteiger partial charge < -0.3 is 14.7 Å². The fourth-order valence-corrected chi connectivity index (χ4v) is 13.4. The molecule has 0 radical (unpaired) electrons. The van der Waals surface area contributed by atoms with Gasteiger partial charge in [-0.05, 0) is 159 Å². The fraction of sp³-hybridized carbons (Fsp3) is 0.382. The zero-order valence-corrected chi connectivity index (χ0v) is 46.4. The average Bonchev–Trinajstić information content (AvgIpc) is 3.53. The van der Waals surface area contributed by atoms with Gasteiger partial charge in [0.2, 0.25) is 0 Å². The number of hydrogen-bond acceptors (Lipinski definition) is 3. The van der Waals surface area contributed by atoms with Crippen molar-refractivity contribution in [1.29, 1.82) is 0 Å². The van der Waals surface area contributed by atoms with Crippen LogP contribution in [0.1, 0.15) is 162 Å². The molecule has 3 heterocycles. The Balaban J connectivity index is 1.31. The molecule has 11 rings (SSSR count). The second-order valence-electron chi connectivity index (χ2n) is 26.8. The van der Waals surface area contributed by atoms with E-state index in [1.165, 1.54) is 131 Å². The van der Waals surface area contributed by atoms with Crippen molar-refractivity contribution >= 4 is 68.6 Å². The lowest BCUT2D eigenvalue weighted by molar-refractivity contribution is 0.195. The molecule has 0 spiro atoms. The third kappa shape index (κ3) is 7.42. The quantitative estimate of drug-likeness (QED) is 0.163. The lowest BCUT2D eigenvalue weighted by Crippen LogP contribution is -2.62. The maximum absolute atomic E-state index is 2.85.